The number of carbonyl (C=O) groups is 2. The van der Waals surface area contributed by atoms with Crippen LogP contribution in [0.25, 0.3) is 0 Å². The molecular weight excluding hydrogens is 368 g/mol. The van der Waals surface area contributed by atoms with Gasteiger partial charge in [-0.05, 0) is 48.1 Å². The van der Waals surface area contributed by atoms with Gasteiger partial charge in [-0.2, -0.15) is 0 Å². The highest BCUT2D eigenvalue weighted by Gasteiger charge is 2.39. The molecule has 2 aliphatic rings. The lowest BCUT2D eigenvalue weighted by molar-refractivity contribution is -0.114. The van der Waals surface area contributed by atoms with E-state index < -0.39 is 11.7 Å². The molecule has 3 heterocycles. The molecule has 2 aromatic carbocycles. The Morgan fingerprint density at radius 1 is 1.07 bits per heavy atom. The van der Waals surface area contributed by atoms with Crippen LogP contribution >= 0.6 is 11.3 Å². The summed E-state index contributed by atoms with van der Waals surface area (Å²) < 4.78 is 0. The zero-order valence-corrected chi connectivity index (χ0v) is 16.4. The number of anilines is 1. The second kappa shape index (κ2) is 6.69. The molecule has 3 aromatic rings. The average Bonchev–Trinajstić information content (AvgIpc) is 3.28. The van der Waals surface area contributed by atoms with Crippen LogP contribution in [-0.4, -0.2) is 29.8 Å². The van der Waals surface area contributed by atoms with Crippen LogP contribution in [0.4, 0.5) is 5.69 Å². The highest BCUT2D eigenvalue weighted by atomic mass is 32.1. The van der Waals surface area contributed by atoms with Crippen LogP contribution in [0.2, 0.25) is 0 Å². The minimum atomic E-state index is -0.427. The molecule has 0 saturated carbocycles. The van der Waals surface area contributed by atoms with E-state index in [2.05, 4.69) is 40.6 Å². The van der Waals surface area contributed by atoms with E-state index in [0.29, 0.717) is 12.2 Å². The van der Waals surface area contributed by atoms with Crippen molar-refractivity contribution in [2.45, 2.75) is 19.4 Å². The van der Waals surface area contributed by atoms with Gasteiger partial charge in [0, 0.05) is 11.4 Å². The Hall–Kier alpha value is -2.76. The molecule has 5 heteroatoms. The van der Waals surface area contributed by atoms with Crippen LogP contribution in [0.15, 0.2) is 60.0 Å². The predicted octanol–water partition coefficient (Wildman–Crippen LogP) is 4.19. The van der Waals surface area contributed by atoms with Crippen molar-refractivity contribution in [2.75, 3.05) is 18.1 Å². The van der Waals surface area contributed by atoms with Crippen molar-refractivity contribution in [3.63, 3.8) is 0 Å². The van der Waals surface area contributed by atoms with Gasteiger partial charge in [0.05, 0.1) is 24.0 Å². The predicted molar refractivity (Wildman–Crippen MR) is 111 cm³/mol. The Labute approximate surface area is 168 Å². The third kappa shape index (κ3) is 2.70. The van der Waals surface area contributed by atoms with E-state index in [1.54, 1.807) is 16.2 Å². The van der Waals surface area contributed by atoms with Crippen molar-refractivity contribution in [3.05, 3.63) is 87.1 Å². The maximum atomic E-state index is 12.7. The average molecular weight is 388 g/mol. The van der Waals surface area contributed by atoms with Crippen molar-refractivity contribution in [1.82, 2.24) is 4.90 Å². The standard InChI is InChI=1S/C23H20N2O2S/c1-15-7-8-19-18(13-15)22(26)23(27)25(19)14-24-11-9-20-17(10-12-28-20)21(24)16-5-3-2-4-6-16/h2-8,10,12-13,21H,9,11,14H2,1H3/t21-/m0/s1. The molecule has 0 bridgehead atoms. The van der Waals surface area contributed by atoms with Gasteiger partial charge in [0.25, 0.3) is 5.78 Å². The monoisotopic (exact) mass is 388 g/mol. The van der Waals surface area contributed by atoms with Gasteiger partial charge in [-0.1, -0.05) is 42.0 Å². The van der Waals surface area contributed by atoms with Gasteiger partial charge in [0.1, 0.15) is 0 Å². The highest BCUT2D eigenvalue weighted by Crippen LogP contribution is 2.39. The molecule has 28 heavy (non-hydrogen) atoms. The lowest BCUT2D eigenvalue weighted by atomic mass is 9.93. The zero-order valence-electron chi connectivity index (χ0n) is 15.6. The normalized spacial score (nSPS) is 19.0. The van der Waals surface area contributed by atoms with Crippen LogP contribution in [0.5, 0.6) is 0 Å². The van der Waals surface area contributed by atoms with Crippen molar-refractivity contribution >= 4 is 28.7 Å². The van der Waals surface area contributed by atoms with E-state index in [1.165, 1.54) is 16.0 Å². The van der Waals surface area contributed by atoms with E-state index in [-0.39, 0.29) is 6.04 Å². The summed E-state index contributed by atoms with van der Waals surface area (Å²) in [5.74, 6) is -0.827. The Kier molecular flexibility index (Phi) is 4.14. The molecule has 0 radical (unpaired) electrons. The molecule has 4 nitrogen and oxygen atoms in total. The number of thiophene rings is 1. The van der Waals surface area contributed by atoms with Crippen LogP contribution in [0.1, 0.15) is 38.0 Å². The second-order valence-electron chi connectivity index (χ2n) is 7.40. The number of benzene rings is 2. The Morgan fingerprint density at radius 3 is 2.71 bits per heavy atom. The summed E-state index contributed by atoms with van der Waals surface area (Å²) in [5, 5.41) is 2.15. The number of fused-ring (bicyclic) bond motifs is 2. The molecule has 0 unspecified atom stereocenters. The largest absolute Gasteiger partial charge is 0.300 e. The number of Topliss-reactive ketones (excluding diaryl/α,β-unsaturated/α-hetero) is 1. The lowest BCUT2D eigenvalue weighted by Crippen LogP contribution is -2.45. The van der Waals surface area contributed by atoms with Gasteiger partial charge < -0.3 is 0 Å². The van der Waals surface area contributed by atoms with Gasteiger partial charge >= 0.3 is 5.91 Å². The van der Waals surface area contributed by atoms with Crippen LogP contribution in [0, 0.1) is 6.92 Å². The fourth-order valence-electron chi connectivity index (χ4n) is 4.28. The summed E-state index contributed by atoms with van der Waals surface area (Å²) in [6.07, 6.45) is 0.965. The summed E-state index contributed by atoms with van der Waals surface area (Å²) in [5.41, 5.74) is 4.76. The van der Waals surface area contributed by atoms with E-state index in [4.69, 9.17) is 0 Å². The zero-order chi connectivity index (χ0) is 19.3. The van der Waals surface area contributed by atoms with Crippen molar-refractivity contribution < 1.29 is 9.59 Å². The second-order valence-corrected chi connectivity index (χ2v) is 8.40. The number of aryl methyl sites for hydroxylation is 1. The van der Waals surface area contributed by atoms with Crippen LogP contribution in [0.3, 0.4) is 0 Å². The molecule has 0 fully saturated rings. The molecular formula is C23H20N2O2S. The van der Waals surface area contributed by atoms with Gasteiger partial charge in [0.15, 0.2) is 0 Å². The first-order chi connectivity index (χ1) is 13.6. The highest BCUT2D eigenvalue weighted by molar-refractivity contribution is 7.10. The molecule has 140 valence electrons. The minimum Gasteiger partial charge on any atom is -0.291 e. The third-order valence-corrected chi connectivity index (χ3v) is 6.63. The number of hydrogen-bond acceptors (Lipinski definition) is 4. The van der Waals surface area contributed by atoms with Crippen molar-refractivity contribution in [2.24, 2.45) is 0 Å². The fourth-order valence-corrected chi connectivity index (χ4v) is 5.19. The number of hydrogen-bond donors (Lipinski definition) is 0. The van der Waals surface area contributed by atoms with Gasteiger partial charge in [0.2, 0.25) is 0 Å². The molecule has 1 atom stereocenters. The number of nitrogens with zero attached hydrogens (tertiary/aromatic N) is 2. The molecule has 0 spiro atoms. The van der Waals surface area contributed by atoms with E-state index in [1.807, 2.05) is 31.2 Å². The third-order valence-electron chi connectivity index (χ3n) is 5.63. The van der Waals surface area contributed by atoms with Crippen molar-refractivity contribution in [3.8, 4) is 0 Å². The van der Waals surface area contributed by atoms with Crippen LogP contribution < -0.4 is 4.90 Å². The SMILES string of the molecule is Cc1ccc2c(c1)C(=O)C(=O)N2CN1CCc2sccc2[C@@H]1c1ccccc1. The first-order valence-electron chi connectivity index (χ1n) is 9.45. The van der Waals surface area contributed by atoms with Crippen molar-refractivity contribution in [1.29, 1.82) is 0 Å². The number of ketones is 1. The molecule has 0 N–H and O–H groups in total. The smallest absolute Gasteiger partial charge is 0.291 e. The van der Waals surface area contributed by atoms with E-state index >= 15 is 0 Å². The lowest BCUT2D eigenvalue weighted by Gasteiger charge is -2.38. The maximum absolute atomic E-state index is 12.7. The number of carbonyl (C=O) groups excluding carboxylic acids is 2. The number of amides is 1. The topological polar surface area (TPSA) is 40.6 Å². The Balaban J connectivity index is 1.53. The summed E-state index contributed by atoms with van der Waals surface area (Å²) in [7, 11) is 0. The van der Waals surface area contributed by atoms with Gasteiger partial charge in [-0.3, -0.25) is 19.4 Å². The van der Waals surface area contributed by atoms with E-state index in [0.717, 1.165) is 24.2 Å². The first kappa shape index (κ1) is 17.3. The van der Waals surface area contributed by atoms with Gasteiger partial charge in [-0.15, -0.1) is 11.3 Å². The summed E-state index contributed by atoms with van der Waals surface area (Å²) in [6.45, 7) is 3.20. The molecule has 0 aliphatic carbocycles. The maximum Gasteiger partial charge on any atom is 0.300 e. The van der Waals surface area contributed by atoms with Gasteiger partial charge in [-0.25, -0.2) is 0 Å². The first-order valence-corrected chi connectivity index (χ1v) is 10.3. The summed E-state index contributed by atoms with van der Waals surface area (Å²) in [6, 6.07) is 18.4. The molecule has 5 rings (SSSR count). The summed E-state index contributed by atoms with van der Waals surface area (Å²) in [4.78, 5) is 30.6. The van der Waals surface area contributed by atoms with Crippen LogP contribution in [-0.2, 0) is 11.2 Å². The van der Waals surface area contributed by atoms with E-state index in [9.17, 15) is 9.59 Å². The quantitative estimate of drug-likeness (QED) is 0.632. The number of rotatable bonds is 3. The molecule has 0 saturated heterocycles. The fraction of sp³-hybridized carbons (Fsp3) is 0.217. The minimum absolute atomic E-state index is 0.0913. The molecule has 1 amide bonds. The Bertz CT molecular complexity index is 1070. The molecule has 2 aliphatic heterocycles. The Morgan fingerprint density at radius 2 is 1.89 bits per heavy atom. The summed E-state index contributed by atoms with van der Waals surface area (Å²) >= 11 is 1.80. The molecule has 1 aromatic heterocycles.